The first-order valence-corrected chi connectivity index (χ1v) is 8.60. The summed E-state index contributed by atoms with van der Waals surface area (Å²) in [6.45, 7) is 3.96. The smallest absolute Gasteiger partial charge is 0.249 e. The number of halogens is 1. The Bertz CT molecular complexity index is 942. The number of anilines is 4. The molecule has 8 heteroatoms. The van der Waals surface area contributed by atoms with Crippen LogP contribution in [0.25, 0.3) is 0 Å². The van der Waals surface area contributed by atoms with Crippen LogP contribution in [-0.2, 0) is 0 Å². The van der Waals surface area contributed by atoms with Gasteiger partial charge in [-0.2, -0.15) is 10.1 Å². The van der Waals surface area contributed by atoms with E-state index in [2.05, 4.69) is 25.8 Å². The number of nitrogens with zero attached hydrogens (tertiary/aromatic N) is 3. The minimum Gasteiger partial charge on any atom is -0.497 e. The highest BCUT2D eigenvalue weighted by atomic mass is 35.5. The summed E-state index contributed by atoms with van der Waals surface area (Å²) in [4.78, 5) is 4.45. The lowest BCUT2D eigenvalue weighted by Crippen LogP contribution is -2.04. The number of rotatable bonds is 6. The Morgan fingerprint density at radius 2 is 1.81 bits per heavy atom. The predicted molar refractivity (Wildman–Crippen MR) is 107 cm³/mol. The monoisotopic (exact) mass is 385 g/mol. The Balaban J connectivity index is 1.87. The maximum Gasteiger partial charge on any atom is 0.249 e. The van der Waals surface area contributed by atoms with Crippen molar-refractivity contribution in [2.45, 2.75) is 13.8 Å². The third kappa shape index (κ3) is 4.38. The first-order chi connectivity index (χ1) is 13.0. The van der Waals surface area contributed by atoms with Crippen molar-refractivity contribution in [1.29, 1.82) is 0 Å². The van der Waals surface area contributed by atoms with E-state index in [0.717, 1.165) is 16.8 Å². The van der Waals surface area contributed by atoms with Crippen molar-refractivity contribution in [2.24, 2.45) is 0 Å². The Labute approximate surface area is 162 Å². The lowest BCUT2D eigenvalue weighted by Gasteiger charge is -2.13. The average Bonchev–Trinajstić information content (AvgIpc) is 2.65. The molecule has 0 aliphatic rings. The third-order valence-corrected chi connectivity index (χ3v) is 4.19. The summed E-state index contributed by atoms with van der Waals surface area (Å²) in [5.41, 5.74) is 3.53. The van der Waals surface area contributed by atoms with Crippen LogP contribution in [-0.4, -0.2) is 29.4 Å². The molecule has 7 nitrogen and oxygen atoms in total. The van der Waals surface area contributed by atoms with Crippen LogP contribution in [0.2, 0.25) is 5.02 Å². The summed E-state index contributed by atoms with van der Waals surface area (Å²) >= 11 is 6.34. The fourth-order valence-electron chi connectivity index (χ4n) is 2.65. The predicted octanol–water partition coefficient (Wildman–Crippen LogP) is 4.65. The molecule has 1 aromatic heterocycles. The average molecular weight is 386 g/mol. The summed E-state index contributed by atoms with van der Waals surface area (Å²) < 4.78 is 10.6. The van der Waals surface area contributed by atoms with Crippen molar-refractivity contribution in [1.82, 2.24) is 15.2 Å². The van der Waals surface area contributed by atoms with E-state index in [9.17, 15) is 0 Å². The second kappa shape index (κ2) is 8.09. The van der Waals surface area contributed by atoms with Crippen LogP contribution in [0.1, 0.15) is 11.1 Å². The molecule has 27 heavy (non-hydrogen) atoms. The molecule has 2 N–H and O–H groups in total. The van der Waals surface area contributed by atoms with Gasteiger partial charge in [-0.25, -0.2) is 0 Å². The Hall–Kier alpha value is -3.06. The summed E-state index contributed by atoms with van der Waals surface area (Å²) in [6.07, 6.45) is 1.52. The number of aromatic nitrogens is 3. The number of benzene rings is 2. The van der Waals surface area contributed by atoms with Gasteiger partial charge in [-0.1, -0.05) is 17.7 Å². The largest absolute Gasteiger partial charge is 0.497 e. The summed E-state index contributed by atoms with van der Waals surface area (Å²) in [5.74, 6) is 2.18. The van der Waals surface area contributed by atoms with Crippen LogP contribution in [0, 0.1) is 13.8 Å². The summed E-state index contributed by atoms with van der Waals surface area (Å²) in [7, 11) is 3.20. The number of ether oxygens (including phenoxy) is 2. The molecule has 0 aliphatic carbocycles. The van der Waals surface area contributed by atoms with Gasteiger partial charge in [-0.05, 0) is 43.2 Å². The number of hydrogen-bond donors (Lipinski definition) is 2. The Morgan fingerprint density at radius 3 is 2.52 bits per heavy atom. The first-order valence-electron chi connectivity index (χ1n) is 8.22. The van der Waals surface area contributed by atoms with Crippen molar-refractivity contribution in [2.75, 3.05) is 24.9 Å². The topological polar surface area (TPSA) is 81.2 Å². The number of aryl methyl sites for hydroxylation is 2. The van der Waals surface area contributed by atoms with E-state index in [1.54, 1.807) is 14.2 Å². The van der Waals surface area contributed by atoms with Gasteiger partial charge < -0.3 is 20.1 Å². The van der Waals surface area contributed by atoms with Crippen molar-refractivity contribution in [3.8, 4) is 11.5 Å². The molecular formula is C19H20ClN5O2. The number of hydrogen-bond acceptors (Lipinski definition) is 7. The van der Waals surface area contributed by atoms with Crippen molar-refractivity contribution >= 4 is 34.7 Å². The van der Waals surface area contributed by atoms with Gasteiger partial charge in [0.25, 0.3) is 0 Å². The van der Waals surface area contributed by atoms with Crippen LogP contribution in [0.15, 0.2) is 36.5 Å². The fourth-order valence-corrected chi connectivity index (χ4v) is 3.02. The SMILES string of the molecule is COc1ccc(OC)c(Nc2cnnc(Nc3c(C)cc(C)cc3Cl)n2)c1. The van der Waals surface area contributed by atoms with Crippen molar-refractivity contribution < 1.29 is 9.47 Å². The molecule has 140 valence electrons. The molecule has 0 aliphatic heterocycles. The summed E-state index contributed by atoms with van der Waals surface area (Å²) in [5, 5.41) is 14.9. The molecule has 0 atom stereocenters. The second-order valence-corrected chi connectivity index (χ2v) is 6.33. The number of methoxy groups -OCH3 is 2. The van der Waals surface area contributed by atoms with Gasteiger partial charge in [0.05, 0.1) is 36.8 Å². The van der Waals surface area contributed by atoms with Gasteiger partial charge in [-0.3, -0.25) is 0 Å². The van der Waals surface area contributed by atoms with E-state index >= 15 is 0 Å². The molecule has 3 aromatic rings. The highest BCUT2D eigenvalue weighted by Gasteiger charge is 2.10. The van der Waals surface area contributed by atoms with E-state index in [1.165, 1.54) is 6.20 Å². The molecule has 0 unspecified atom stereocenters. The van der Waals surface area contributed by atoms with Crippen LogP contribution in [0.5, 0.6) is 11.5 Å². The molecule has 1 heterocycles. The molecule has 2 aromatic carbocycles. The molecule has 0 spiro atoms. The molecule has 0 saturated carbocycles. The lowest BCUT2D eigenvalue weighted by molar-refractivity contribution is 0.405. The fraction of sp³-hybridized carbons (Fsp3) is 0.211. The zero-order valence-corrected chi connectivity index (χ0v) is 16.3. The summed E-state index contributed by atoms with van der Waals surface area (Å²) in [6, 6.07) is 9.36. The second-order valence-electron chi connectivity index (χ2n) is 5.92. The van der Waals surface area contributed by atoms with E-state index in [-0.39, 0.29) is 0 Å². The van der Waals surface area contributed by atoms with E-state index in [4.69, 9.17) is 21.1 Å². The zero-order chi connectivity index (χ0) is 19.4. The van der Waals surface area contributed by atoms with Gasteiger partial charge in [0.2, 0.25) is 5.95 Å². The molecule has 0 fully saturated rings. The molecule has 0 bridgehead atoms. The van der Waals surface area contributed by atoms with Crippen LogP contribution in [0.4, 0.5) is 23.1 Å². The Morgan fingerprint density at radius 1 is 1.00 bits per heavy atom. The highest BCUT2D eigenvalue weighted by molar-refractivity contribution is 6.33. The normalized spacial score (nSPS) is 10.4. The zero-order valence-electron chi connectivity index (χ0n) is 15.5. The quantitative estimate of drug-likeness (QED) is 0.639. The van der Waals surface area contributed by atoms with Crippen molar-refractivity contribution in [3.63, 3.8) is 0 Å². The minimum absolute atomic E-state index is 0.329. The number of nitrogens with one attached hydrogen (secondary N) is 2. The van der Waals surface area contributed by atoms with E-state index in [0.29, 0.717) is 34.0 Å². The first kappa shape index (κ1) is 18.7. The minimum atomic E-state index is 0.329. The third-order valence-electron chi connectivity index (χ3n) is 3.90. The van der Waals surface area contributed by atoms with E-state index in [1.807, 2.05) is 44.2 Å². The van der Waals surface area contributed by atoms with Crippen LogP contribution < -0.4 is 20.1 Å². The van der Waals surface area contributed by atoms with Crippen LogP contribution >= 0.6 is 11.6 Å². The van der Waals surface area contributed by atoms with Gasteiger partial charge in [-0.15, -0.1) is 5.10 Å². The van der Waals surface area contributed by atoms with E-state index < -0.39 is 0 Å². The van der Waals surface area contributed by atoms with Gasteiger partial charge in [0, 0.05) is 6.07 Å². The molecular weight excluding hydrogens is 366 g/mol. The molecule has 0 amide bonds. The standard InChI is InChI=1S/C19H20ClN5O2/c1-11-7-12(2)18(14(20)8-11)24-19-23-17(10-21-25-19)22-15-9-13(26-3)5-6-16(15)27-4/h5-10H,1-4H3,(H2,22,23,24,25). The lowest BCUT2D eigenvalue weighted by atomic mass is 10.1. The molecule has 0 radical (unpaired) electrons. The maximum absolute atomic E-state index is 6.34. The van der Waals surface area contributed by atoms with Gasteiger partial charge in [0.1, 0.15) is 11.5 Å². The molecule has 0 saturated heterocycles. The Kier molecular flexibility index (Phi) is 5.61. The van der Waals surface area contributed by atoms with Gasteiger partial charge in [0.15, 0.2) is 5.82 Å². The highest BCUT2D eigenvalue weighted by Crippen LogP contribution is 2.32. The van der Waals surface area contributed by atoms with Crippen LogP contribution in [0.3, 0.4) is 0 Å². The molecule has 3 rings (SSSR count). The van der Waals surface area contributed by atoms with Gasteiger partial charge >= 0.3 is 0 Å². The van der Waals surface area contributed by atoms with Crippen molar-refractivity contribution in [3.05, 3.63) is 52.7 Å². The maximum atomic E-state index is 6.34.